The number of rotatable bonds is 7. The number of nitrogens with zero attached hydrogens (tertiary/aromatic N) is 1. The van der Waals surface area contributed by atoms with Crippen LogP contribution in [0.15, 0.2) is 0 Å². The molecule has 0 aliphatic carbocycles. The highest BCUT2D eigenvalue weighted by Crippen LogP contribution is 2.37. The standard InChI is InChI=1S/C13H25NO3S/c1-6-8-9-13(4,5)18(16)14-10(3)11(14)12(15)17-7-2/h10-11H,6-9H2,1-5H3/t10-,11-,14?,18?/m1/s1. The lowest BCUT2D eigenvalue weighted by Gasteiger charge is -2.24. The maximum atomic E-state index is 12.5. The first-order chi connectivity index (χ1) is 8.36. The fourth-order valence-corrected chi connectivity index (χ4v) is 3.80. The van der Waals surface area contributed by atoms with E-state index in [1.165, 1.54) is 0 Å². The Morgan fingerprint density at radius 2 is 2.00 bits per heavy atom. The molecule has 0 N–H and O–H groups in total. The smallest absolute Gasteiger partial charge is 0.326 e. The Hall–Kier alpha value is -0.420. The zero-order valence-corrected chi connectivity index (χ0v) is 12.9. The van der Waals surface area contributed by atoms with Crippen molar-refractivity contribution in [3.8, 4) is 0 Å². The first-order valence-corrected chi connectivity index (χ1v) is 7.84. The van der Waals surface area contributed by atoms with Gasteiger partial charge in [0, 0.05) is 6.04 Å². The molecule has 5 heteroatoms. The molecule has 2 unspecified atom stereocenters. The van der Waals surface area contributed by atoms with Crippen LogP contribution in [0.4, 0.5) is 0 Å². The van der Waals surface area contributed by atoms with Gasteiger partial charge in [0.1, 0.15) is 17.0 Å². The summed E-state index contributed by atoms with van der Waals surface area (Å²) in [5, 5.41) is 0. The maximum absolute atomic E-state index is 12.5. The van der Waals surface area contributed by atoms with Crippen LogP contribution >= 0.6 is 0 Å². The van der Waals surface area contributed by atoms with Crippen LogP contribution in [-0.4, -0.2) is 37.9 Å². The van der Waals surface area contributed by atoms with Gasteiger partial charge in [-0.3, -0.25) is 4.79 Å². The van der Waals surface area contributed by atoms with Crippen molar-refractivity contribution < 1.29 is 13.7 Å². The number of ether oxygens (including phenoxy) is 1. The van der Waals surface area contributed by atoms with Crippen molar-refractivity contribution in [1.82, 2.24) is 4.31 Å². The van der Waals surface area contributed by atoms with Crippen LogP contribution in [0.5, 0.6) is 0 Å². The van der Waals surface area contributed by atoms with E-state index in [9.17, 15) is 9.00 Å². The van der Waals surface area contributed by atoms with Crippen molar-refractivity contribution >= 4 is 17.0 Å². The lowest BCUT2D eigenvalue weighted by atomic mass is 10.1. The predicted molar refractivity (Wildman–Crippen MR) is 73.5 cm³/mol. The number of unbranched alkanes of at least 4 members (excludes halogenated alkanes) is 1. The summed E-state index contributed by atoms with van der Waals surface area (Å²) < 4.78 is 19.0. The Labute approximate surface area is 113 Å². The summed E-state index contributed by atoms with van der Waals surface area (Å²) in [7, 11) is -1.12. The molecule has 18 heavy (non-hydrogen) atoms. The number of esters is 1. The van der Waals surface area contributed by atoms with Crippen LogP contribution in [0.1, 0.15) is 53.9 Å². The average molecular weight is 275 g/mol. The van der Waals surface area contributed by atoms with E-state index in [0.717, 1.165) is 19.3 Å². The van der Waals surface area contributed by atoms with Crippen molar-refractivity contribution in [3.63, 3.8) is 0 Å². The highest BCUT2D eigenvalue weighted by atomic mass is 32.2. The second kappa shape index (κ2) is 6.15. The molecule has 0 saturated carbocycles. The van der Waals surface area contributed by atoms with Gasteiger partial charge < -0.3 is 4.74 Å². The number of carbonyl (C=O) groups is 1. The van der Waals surface area contributed by atoms with Crippen LogP contribution in [0, 0.1) is 0 Å². The SMILES string of the molecule is CCCCC(C)(C)S(=O)N1[C@H](C)[C@@H]1C(=O)OCC. The third kappa shape index (κ3) is 3.32. The fraction of sp³-hybridized carbons (Fsp3) is 0.923. The first kappa shape index (κ1) is 15.6. The topological polar surface area (TPSA) is 46.4 Å². The molecular formula is C13H25NO3S. The largest absolute Gasteiger partial charge is 0.465 e. The predicted octanol–water partition coefficient (Wildman–Crippen LogP) is 2.25. The van der Waals surface area contributed by atoms with Gasteiger partial charge in [-0.1, -0.05) is 19.8 Å². The Morgan fingerprint density at radius 1 is 1.39 bits per heavy atom. The van der Waals surface area contributed by atoms with Gasteiger partial charge in [-0.05, 0) is 34.1 Å². The summed E-state index contributed by atoms with van der Waals surface area (Å²) in [5.74, 6) is -0.246. The van der Waals surface area contributed by atoms with Gasteiger partial charge >= 0.3 is 5.97 Å². The molecule has 1 fully saturated rings. The number of carbonyl (C=O) groups excluding carboxylic acids is 1. The van der Waals surface area contributed by atoms with Gasteiger partial charge in [0.25, 0.3) is 0 Å². The minimum Gasteiger partial charge on any atom is -0.465 e. The molecule has 1 aliphatic rings. The van der Waals surface area contributed by atoms with E-state index in [2.05, 4.69) is 6.92 Å². The highest BCUT2D eigenvalue weighted by molar-refractivity contribution is 7.84. The van der Waals surface area contributed by atoms with Crippen molar-refractivity contribution in [2.45, 2.75) is 70.7 Å². The summed E-state index contributed by atoms with van der Waals surface area (Å²) in [5.41, 5.74) is 0. The normalized spacial score (nSPS) is 28.8. The Morgan fingerprint density at radius 3 is 2.50 bits per heavy atom. The van der Waals surface area contributed by atoms with Crippen LogP contribution in [-0.2, 0) is 20.5 Å². The molecule has 1 aliphatic heterocycles. The molecule has 0 aromatic rings. The van der Waals surface area contributed by atoms with Crippen molar-refractivity contribution in [1.29, 1.82) is 0 Å². The Balaban J connectivity index is 2.61. The van der Waals surface area contributed by atoms with Gasteiger partial charge in [-0.2, -0.15) is 0 Å². The van der Waals surface area contributed by atoms with E-state index in [1.54, 1.807) is 11.2 Å². The minimum absolute atomic E-state index is 0.0331. The fourth-order valence-electron chi connectivity index (χ4n) is 2.08. The van der Waals surface area contributed by atoms with Gasteiger partial charge in [0.15, 0.2) is 0 Å². The van der Waals surface area contributed by atoms with Crippen molar-refractivity contribution in [3.05, 3.63) is 0 Å². The number of hydrogen-bond donors (Lipinski definition) is 0. The number of hydrogen-bond acceptors (Lipinski definition) is 3. The molecular weight excluding hydrogens is 250 g/mol. The van der Waals surface area contributed by atoms with Crippen LogP contribution < -0.4 is 0 Å². The summed E-state index contributed by atoms with van der Waals surface area (Å²) in [4.78, 5) is 11.7. The molecule has 106 valence electrons. The van der Waals surface area contributed by atoms with Gasteiger partial charge in [-0.25, -0.2) is 8.51 Å². The average Bonchev–Trinajstić information content (AvgIpc) is 2.97. The quantitative estimate of drug-likeness (QED) is 0.529. The third-order valence-electron chi connectivity index (χ3n) is 3.37. The summed E-state index contributed by atoms with van der Waals surface area (Å²) >= 11 is 0. The molecule has 0 bridgehead atoms. The van der Waals surface area contributed by atoms with Gasteiger partial charge in [-0.15, -0.1) is 0 Å². The summed E-state index contributed by atoms with van der Waals surface area (Å²) in [6, 6.07) is -0.280. The third-order valence-corrected chi connectivity index (χ3v) is 5.46. The minimum atomic E-state index is -1.12. The van der Waals surface area contributed by atoms with Crippen LogP contribution in [0.3, 0.4) is 0 Å². The lowest BCUT2D eigenvalue weighted by Crippen LogP contribution is -2.33. The van der Waals surface area contributed by atoms with Crippen molar-refractivity contribution in [2.75, 3.05) is 6.61 Å². The monoisotopic (exact) mass is 275 g/mol. The summed E-state index contributed by atoms with van der Waals surface area (Å²) in [6.07, 6.45) is 3.07. The summed E-state index contributed by atoms with van der Waals surface area (Å²) in [6.45, 7) is 10.2. The zero-order chi connectivity index (χ0) is 13.9. The second-order valence-electron chi connectivity index (χ2n) is 5.41. The highest BCUT2D eigenvalue weighted by Gasteiger charge is 2.56. The molecule has 0 radical (unpaired) electrons. The Bertz CT molecular complexity index is 330. The Kier molecular flexibility index (Phi) is 5.34. The van der Waals surface area contributed by atoms with Crippen LogP contribution in [0.2, 0.25) is 0 Å². The van der Waals surface area contributed by atoms with E-state index in [-0.39, 0.29) is 22.8 Å². The van der Waals surface area contributed by atoms with E-state index in [0.29, 0.717) is 6.61 Å². The molecule has 0 aromatic heterocycles. The van der Waals surface area contributed by atoms with E-state index >= 15 is 0 Å². The van der Waals surface area contributed by atoms with Gasteiger partial charge in [0.2, 0.25) is 0 Å². The molecule has 4 atom stereocenters. The second-order valence-corrected chi connectivity index (χ2v) is 7.43. The zero-order valence-electron chi connectivity index (χ0n) is 12.1. The molecule has 1 heterocycles. The molecule has 1 rings (SSSR count). The molecule has 0 aromatic carbocycles. The molecule has 0 spiro atoms. The van der Waals surface area contributed by atoms with E-state index in [1.807, 2.05) is 20.8 Å². The van der Waals surface area contributed by atoms with E-state index in [4.69, 9.17) is 4.74 Å². The van der Waals surface area contributed by atoms with E-state index < -0.39 is 11.0 Å². The molecule has 1 saturated heterocycles. The van der Waals surface area contributed by atoms with Gasteiger partial charge in [0.05, 0.1) is 11.4 Å². The maximum Gasteiger partial charge on any atom is 0.326 e. The van der Waals surface area contributed by atoms with Crippen LogP contribution in [0.25, 0.3) is 0 Å². The lowest BCUT2D eigenvalue weighted by molar-refractivity contribution is -0.143. The molecule has 0 amide bonds. The first-order valence-electron chi connectivity index (χ1n) is 6.73. The van der Waals surface area contributed by atoms with Crippen molar-refractivity contribution in [2.24, 2.45) is 0 Å². The molecule has 4 nitrogen and oxygen atoms in total.